The Labute approximate surface area is 158 Å². The van der Waals surface area contributed by atoms with Crippen LogP contribution >= 0.6 is 0 Å². The first-order valence-corrected chi connectivity index (χ1v) is 9.03. The van der Waals surface area contributed by atoms with E-state index in [-0.39, 0.29) is 12.0 Å². The van der Waals surface area contributed by atoms with Gasteiger partial charge in [0.25, 0.3) is 0 Å². The van der Waals surface area contributed by atoms with Crippen molar-refractivity contribution in [3.8, 4) is 0 Å². The molecule has 1 saturated heterocycles. The van der Waals surface area contributed by atoms with Gasteiger partial charge in [0.2, 0.25) is 5.91 Å². The van der Waals surface area contributed by atoms with Gasteiger partial charge in [0.15, 0.2) is 5.82 Å². The van der Waals surface area contributed by atoms with Crippen LogP contribution in [0.2, 0.25) is 0 Å². The Kier molecular flexibility index (Phi) is 6.49. The molecule has 2 heterocycles. The number of anilines is 1. The molecule has 1 aliphatic heterocycles. The predicted molar refractivity (Wildman–Crippen MR) is 99.4 cm³/mol. The fraction of sp³-hybridized carbons (Fsp3) is 0.556. The number of nitrogens with one attached hydrogen (secondary N) is 1. The number of morpholine rings is 1. The maximum Gasteiger partial charge on any atom is 0.238 e. The van der Waals surface area contributed by atoms with E-state index in [4.69, 9.17) is 9.47 Å². The Morgan fingerprint density at radius 3 is 3.07 bits per heavy atom. The van der Waals surface area contributed by atoms with Crippen molar-refractivity contribution < 1.29 is 14.3 Å². The summed E-state index contributed by atoms with van der Waals surface area (Å²) in [5.41, 5.74) is 3.10. The largest absolute Gasteiger partial charge is 0.383 e. The number of benzene rings is 1. The van der Waals surface area contributed by atoms with Gasteiger partial charge in [-0.15, -0.1) is 5.10 Å². The zero-order chi connectivity index (χ0) is 19.2. The van der Waals surface area contributed by atoms with Crippen LogP contribution in [-0.2, 0) is 20.8 Å². The fourth-order valence-corrected chi connectivity index (χ4v) is 3.06. The van der Waals surface area contributed by atoms with Crippen molar-refractivity contribution in [3.05, 3.63) is 35.2 Å². The lowest BCUT2D eigenvalue weighted by Crippen LogP contribution is -2.43. The first-order valence-electron chi connectivity index (χ1n) is 9.03. The highest BCUT2D eigenvalue weighted by Crippen LogP contribution is 2.21. The average Bonchev–Trinajstić information content (AvgIpc) is 3.12. The molecule has 0 spiro atoms. The second-order valence-electron chi connectivity index (χ2n) is 6.64. The molecule has 27 heavy (non-hydrogen) atoms. The molecule has 0 radical (unpaired) electrons. The maximum absolute atomic E-state index is 12.5. The van der Waals surface area contributed by atoms with Crippen molar-refractivity contribution in [2.75, 3.05) is 45.3 Å². The molecular weight excluding hydrogens is 348 g/mol. The third-order valence-corrected chi connectivity index (χ3v) is 4.75. The molecule has 1 fully saturated rings. The Bertz CT molecular complexity index is 778. The molecule has 1 N–H and O–H groups in total. The molecule has 146 valence electrons. The summed E-state index contributed by atoms with van der Waals surface area (Å²) in [5.74, 6) is 0.620. The number of carbonyl (C=O) groups excluding carboxylic acids is 1. The molecule has 0 bridgehead atoms. The summed E-state index contributed by atoms with van der Waals surface area (Å²) in [6.07, 6.45) is -0.265. The Morgan fingerprint density at radius 1 is 1.41 bits per heavy atom. The van der Waals surface area contributed by atoms with Crippen LogP contribution in [-0.4, -0.2) is 71.0 Å². The zero-order valence-electron chi connectivity index (χ0n) is 16.0. The highest BCUT2D eigenvalue weighted by atomic mass is 16.5. The van der Waals surface area contributed by atoms with E-state index in [0.29, 0.717) is 45.2 Å². The van der Waals surface area contributed by atoms with Crippen LogP contribution < -0.4 is 5.32 Å². The minimum Gasteiger partial charge on any atom is -0.383 e. The maximum atomic E-state index is 12.5. The molecule has 1 aromatic heterocycles. The average molecular weight is 374 g/mol. The third-order valence-electron chi connectivity index (χ3n) is 4.75. The molecule has 0 aliphatic carbocycles. The lowest BCUT2D eigenvalue weighted by molar-refractivity contribution is -0.119. The summed E-state index contributed by atoms with van der Waals surface area (Å²) in [5, 5.41) is 14.8. The second-order valence-corrected chi connectivity index (χ2v) is 6.64. The Morgan fingerprint density at radius 2 is 2.26 bits per heavy atom. The quantitative estimate of drug-likeness (QED) is 0.771. The van der Waals surface area contributed by atoms with Gasteiger partial charge in [0, 0.05) is 25.9 Å². The summed E-state index contributed by atoms with van der Waals surface area (Å²) in [4.78, 5) is 14.5. The topological polar surface area (TPSA) is 94.4 Å². The van der Waals surface area contributed by atoms with Crippen LogP contribution in [0, 0.1) is 13.8 Å². The van der Waals surface area contributed by atoms with Gasteiger partial charge in [-0.3, -0.25) is 9.69 Å². The zero-order valence-corrected chi connectivity index (χ0v) is 16.0. The van der Waals surface area contributed by atoms with E-state index in [2.05, 4.69) is 25.7 Å². The van der Waals surface area contributed by atoms with Crippen LogP contribution in [0.5, 0.6) is 0 Å². The van der Waals surface area contributed by atoms with E-state index in [1.54, 1.807) is 11.8 Å². The third kappa shape index (κ3) is 4.88. The number of ether oxygens (including phenoxy) is 2. The minimum atomic E-state index is -0.265. The van der Waals surface area contributed by atoms with E-state index in [1.165, 1.54) is 0 Å². The van der Waals surface area contributed by atoms with Crippen molar-refractivity contribution >= 4 is 11.6 Å². The molecule has 1 amide bonds. The summed E-state index contributed by atoms with van der Waals surface area (Å²) in [7, 11) is 1.64. The van der Waals surface area contributed by atoms with Gasteiger partial charge < -0.3 is 14.8 Å². The van der Waals surface area contributed by atoms with E-state index >= 15 is 0 Å². The number of carbonyl (C=O) groups is 1. The number of amides is 1. The van der Waals surface area contributed by atoms with Crippen LogP contribution in [0.4, 0.5) is 5.69 Å². The van der Waals surface area contributed by atoms with Gasteiger partial charge in [-0.1, -0.05) is 12.1 Å². The first-order chi connectivity index (χ1) is 13.1. The molecule has 1 atom stereocenters. The fourth-order valence-electron chi connectivity index (χ4n) is 3.06. The number of aromatic nitrogens is 4. The first kappa shape index (κ1) is 19.4. The highest BCUT2D eigenvalue weighted by Gasteiger charge is 2.27. The molecule has 3 rings (SSSR count). The summed E-state index contributed by atoms with van der Waals surface area (Å²) >= 11 is 0. The number of rotatable bonds is 7. The van der Waals surface area contributed by atoms with Gasteiger partial charge in [-0.05, 0) is 41.5 Å². The van der Waals surface area contributed by atoms with E-state index < -0.39 is 0 Å². The van der Waals surface area contributed by atoms with Crippen molar-refractivity contribution in [1.29, 1.82) is 0 Å². The standard InChI is InChI=1S/C18H26N6O3/c1-13-5-4-6-15(14(13)2)19-17(25)12-23-7-10-27-16(11-23)18-20-21-22-24(18)8-9-26-3/h4-6,16H,7-12H2,1-3H3,(H,19,25). The van der Waals surface area contributed by atoms with Gasteiger partial charge in [-0.25, -0.2) is 4.68 Å². The molecule has 9 nitrogen and oxygen atoms in total. The lowest BCUT2D eigenvalue weighted by atomic mass is 10.1. The van der Waals surface area contributed by atoms with Gasteiger partial charge in [0.1, 0.15) is 6.10 Å². The van der Waals surface area contributed by atoms with Gasteiger partial charge in [0.05, 0.1) is 26.3 Å². The Balaban J connectivity index is 1.59. The summed E-state index contributed by atoms with van der Waals surface area (Å²) in [6.45, 7) is 7.20. The monoisotopic (exact) mass is 374 g/mol. The van der Waals surface area contributed by atoms with Crippen LogP contribution in [0.25, 0.3) is 0 Å². The molecule has 2 aromatic rings. The summed E-state index contributed by atoms with van der Waals surface area (Å²) in [6, 6.07) is 5.90. The number of hydrogen-bond acceptors (Lipinski definition) is 7. The number of methoxy groups -OCH3 is 1. The SMILES string of the molecule is COCCn1nnnc1C1CN(CC(=O)Nc2cccc(C)c2C)CCO1. The van der Waals surface area contributed by atoms with Crippen molar-refractivity contribution in [1.82, 2.24) is 25.1 Å². The van der Waals surface area contributed by atoms with Crippen molar-refractivity contribution in [3.63, 3.8) is 0 Å². The predicted octanol–water partition coefficient (Wildman–Crippen LogP) is 0.948. The van der Waals surface area contributed by atoms with Gasteiger partial charge >= 0.3 is 0 Å². The molecule has 1 unspecified atom stereocenters. The highest BCUT2D eigenvalue weighted by molar-refractivity contribution is 5.93. The van der Waals surface area contributed by atoms with Crippen LogP contribution in [0.15, 0.2) is 18.2 Å². The van der Waals surface area contributed by atoms with Crippen molar-refractivity contribution in [2.45, 2.75) is 26.5 Å². The lowest BCUT2D eigenvalue weighted by Gasteiger charge is -2.31. The second kappa shape index (κ2) is 9.03. The number of tetrazole rings is 1. The van der Waals surface area contributed by atoms with E-state index in [0.717, 1.165) is 16.8 Å². The molecule has 9 heteroatoms. The van der Waals surface area contributed by atoms with Crippen LogP contribution in [0.1, 0.15) is 23.1 Å². The Hall–Kier alpha value is -2.36. The van der Waals surface area contributed by atoms with E-state index in [9.17, 15) is 4.79 Å². The van der Waals surface area contributed by atoms with Crippen molar-refractivity contribution in [2.24, 2.45) is 0 Å². The normalized spacial score (nSPS) is 17.8. The van der Waals surface area contributed by atoms with Crippen LogP contribution in [0.3, 0.4) is 0 Å². The number of nitrogens with zero attached hydrogens (tertiary/aromatic N) is 5. The molecular formula is C18H26N6O3. The molecule has 1 aliphatic rings. The van der Waals surface area contributed by atoms with E-state index in [1.807, 2.05) is 32.0 Å². The van der Waals surface area contributed by atoms with Gasteiger partial charge in [-0.2, -0.15) is 0 Å². The molecule has 1 aromatic carbocycles. The minimum absolute atomic E-state index is 0.0386. The summed E-state index contributed by atoms with van der Waals surface area (Å²) < 4.78 is 12.6. The smallest absolute Gasteiger partial charge is 0.238 e. The molecule has 0 saturated carbocycles. The number of hydrogen-bond donors (Lipinski definition) is 1. The number of aryl methyl sites for hydroxylation is 1.